The average Bonchev–Trinajstić information content (AvgIpc) is 2.95. The first-order valence-corrected chi connectivity index (χ1v) is 10.8. The minimum Gasteiger partial charge on any atom is -0.491 e. The smallest absolute Gasteiger partial charge is 0.204 e. The van der Waals surface area contributed by atoms with Crippen LogP contribution in [0.15, 0.2) is 30.3 Å². The van der Waals surface area contributed by atoms with Crippen LogP contribution in [0.1, 0.15) is 0 Å². The zero-order valence-corrected chi connectivity index (χ0v) is 19.3. The first-order chi connectivity index (χ1) is 18.9. The molecule has 1 nitrogen and oxygen atoms in total. The second-order valence-electron chi connectivity index (χ2n) is 8.29. The van der Waals surface area contributed by atoms with E-state index in [0.717, 1.165) is 12.1 Å². The molecule has 0 bridgehead atoms. The molecule has 0 N–H and O–H groups in total. The van der Waals surface area contributed by atoms with Gasteiger partial charge in [0.15, 0.2) is 63.9 Å². The molecule has 0 atom stereocenters. The van der Waals surface area contributed by atoms with Crippen molar-refractivity contribution in [2.75, 3.05) is 7.11 Å². The van der Waals surface area contributed by atoms with Crippen molar-refractivity contribution in [2.45, 2.75) is 0 Å². The predicted molar refractivity (Wildman–Crippen MR) is 118 cm³/mol. The number of ether oxygens (including phenoxy) is 1. The van der Waals surface area contributed by atoms with E-state index >= 15 is 26.3 Å². The highest BCUT2D eigenvalue weighted by molar-refractivity contribution is 6.22. The Morgan fingerprint density at radius 1 is 0.375 bits per heavy atom. The van der Waals surface area contributed by atoms with Crippen LogP contribution in [-0.4, -0.2) is 7.11 Å². The van der Waals surface area contributed by atoms with Crippen LogP contribution in [0.3, 0.4) is 0 Å². The van der Waals surface area contributed by atoms with Crippen LogP contribution in [-0.2, 0) is 0 Å². The molecule has 0 saturated carbocycles. The van der Waals surface area contributed by atoms with E-state index in [1.54, 1.807) is 0 Å². The number of benzene rings is 5. The molecule has 0 fully saturated rings. The molecule has 0 heterocycles. The zero-order valence-electron chi connectivity index (χ0n) is 19.3. The molecule has 5 aromatic rings. The van der Waals surface area contributed by atoms with Gasteiger partial charge in [-0.15, -0.1) is 0 Å². The number of rotatable bonds is 3. The van der Waals surface area contributed by atoms with Crippen molar-refractivity contribution in [3.63, 3.8) is 0 Å². The highest BCUT2D eigenvalue weighted by Gasteiger charge is 2.37. The van der Waals surface area contributed by atoms with Crippen molar-refractivity contribution < 1.29 is 57.4 Å². The quantitative estimate of drug-likeness (QED) is 0.0902. The van der Waals surface area contributed by atoms with Gasteiger partial charge in [0.25, 0.3) is 0 Å². The Morgan fingerprint density at radius 3 is 1.07 bits per heavy atom. The van der Waals surface area contributed by atoms with Gasteiger partial charge < -0.3 is 4.74 Å². The van der Waals surface area contributed by atoms with Gasteiger partial charge in [0.2, 0.25) is 11.6 Å². The third-order valence-corrected chi connectivity index (χ3v) is 6.27. The summed E-state index contributed by atoms with van der Waals surface area (Å²) in [7, 11) is 0.583. The Kier molecular flexibility index (Phi) is 6.35. The Morgan fingerprint density at radius 2 is 0.725 bits per heavy atom. The summed E-state index contributed by atoms with van der Waals surface area (Å²) >= 11 is 0. The van der Waals surface area contributed by atoms with E-state index in [4.69, 9.17) is 0 Å². The van der Waals surface area contributed by atoms with Crippen molar-refractivity contribution in [1.29, 1.82) is 0 Å². The number of fused-ring (bicyclic) bond motifs is 2. The van der Waals surface area contributed by atoms with Gasteiger partial charge in [-0.2, -0.15) is 8.78 Å². The second-order valence-corrected chi connectivity index (χ2v) is 8.29. The fourth-order valence-corrected chi connectivity index (χ4v) is 4.61. The van der Waals surface area contributed by atoms with Crippen molar-refractivity contribution >= 4 is 21.5 Å². The molecular formula is C27H8F12O. The SMILES string of the molecule is COc1c(F)c(F)c(-c2c3c(F)c(F)c(F)c(F)c3c(-c3ccccc3)c3c(F)c(F)c(F)c(F)c23)c(F)c1F. The number of methoxy groups -OCH3 is 1. The Bertz CT molecular complexity index is 1790. The van der Waals surface area contributed by atoms with E-state index in [-0.39, 0.29) is 0 Å². The van der Waals surface area contributed by atoms with Gasteiger partial charge in [0.05, 0.1) is 12.7 Å². The Labute approximate surface area is 214 Å². The summed E-state index contributed by atoms with van der Waals surface area (Å²) in [4.78, 5) is 0. The van der Waals surface area contributed by atoms with Crippen molar-refractivity contribution in [1.82, 2.24) is 0 Å². The Balaban J connectivity index is 2.28. The molecule has 0 saturated heterocycles. The third kappa shape index (κ3) is 3.45. The normalized spacial score (nSPS) is 11.6. The number of hydrogen-bond donors (Lipinski definition) is 0. The number of hydrogen-bond acceptors (Lipinski definition) is 1. The van der Waals surface area contributed by atoms with Gasteiger partial charge in [-0.25, -0.2) is 43.9 Å². The summed E-state index contributed by atoms with van der Waals surface area (Å²) in [5.41, 5.74) is -5.54. The van der Waals surface area contributed by atoms with E-state index in [1.807, 2.05) is 0 Å². The molecular weight excluding hydrogens is 568 g/mol. The lowest BCUT2D eigenvalue weighted by atomic mass is 9.84. The van der Waals surface area contributed by atoms with Gasteiger partial charge in [-0.05, 0) is 5.56 Å². The second kappa shape index (κ2) is 9.35. The molecule has 0 aliphatic heterocycles. The van der Waals surface area contributed by atoms with E-state index in [1.165, 1.54) is 18.2 Å². The van der Waals surface area contributed by atoms with Crippen LogP contribution in [0.2, 0.25) is 0 Å². The first kappa shape index (κ1) is 27.2. The fraction of sp³-hybridized carbons (Fsp3) is 0.0370. The molecule has 0 radical (unpaired) electrons. The van der Waals surface area contributed by atoms with Gasteiger partial charge in [-0.3, -0.25) is 0 Å². The molecule has 13 heteroatoms. The van der Waals surface area contributed by atoms with Crippen LogP contribution in [0.5, 0.6) is 5.75 Å². The summed E-state index contributed by atoms with van der Waals surface area (Å²) in [5.74, 6) is -31.3. The maximum atomic E-state index is 15.4. The van der Waals surface area contributed by atoms with Gasteiger partial charge in [-0.1, -0.05) is 30.3 Å². The molecule has 206 valence electrons. The summed E-state index contributed by atoms with van der Waals surface area (Å²) < 4.78 is 184. The van der Waals surface area contributed by atoms with Crippen LogP contribution in [0.4, 0.5) is 52.7 Å². The molecule has 0 unspecified atom stereocenters. The summed E-state index contributed by atoms with van der Waals surface area (Å²) in [6.07, 6.45) is 0. The van der Waals surface area contributed by atoms with Crippen LogP contribution in [0, 0.1) is 69.8 Å². The molecule has 0 aromatic heterocycles. The molecule has 0 aliphatic carbocycles. The maximum absolute atomic E-state index is 15.4. The van der Waals surface area contributed by atoms with Crippen molar-refractivity contribution in [3.05, 3.63) is 100 Å². The highest BCUT2D eigenvalue weighted by Crippen LogP contribution is 2.50. The molecule has 0 amide bonds. The molecule has 0 spiro atoms. The minimum absolute atomic E-state index is 0.439. The zero-order chi connectivity index (χ0) is 29.4. The summed E-state index contributed by atoms with van der Waals surface area (Å²) in [6, 6.07) is 5.75. The lowest BCUT2D eigenvalue weighted by molar-refractivity contribution is 0.334. The van der Waals surface area contributed by atoms with E-state index in [9.17, 15) is 26.3 Å². The molecule has 5 aromatic carbocycles. The topological polar surface area (TPSA) is 9.23 Å². The number of halogens is 12. The first-order valence-electron chi connectivity index (χ1n) is 10.8. The third-order valence-electron chi connectivity index (χ3n) is 6.27. The summed E-state index contributed by atoms with van der Waals surface area (Å²) in [5, 5.41) is -6.61. The minimum atomic E-state index is -2.64. The predicted octanol–water partition coefficient (Wildman–Crippen LogP) is 9.00. The fourth-order valence-electron chi connectivity index (χ4n) is 4.61. The van der Waals surface area contributed by atoms with Gasteiger partial charge in [0, 0.05) is 32.7 Å². The van der Waals surface area contributed by atoms with E-state index in [0.29, 0.717) is 7.11 Å². The molecule has 0 aliphatic rings. The van der Waals surface area contributed by atoms with Gasteiger partial charge in [0.1, 0.15) is 0 Å². The monoisotopic (exact) mass is 576 g/mol. The van der Waals surface area contributed by atoms with Crippen LogP contribution < -0.4 is 4.74 Å². The highest BCUT2D eigenvalue weighted by atomic mass is 19.2. The van der Waals surface area contributed by atoms with Crippen LogP contribution in [0.25, 0.3) is 43.8 Å². The van der Waals surface area contributed by atoms with Crippen molar-refractivity contribution in [3.8, 4) is 28.0 Å². The standard InChI is InChI=1S/C27H8F12O/c1-40-27-25(38)19(32)14(20(33)26(27)39)9-12-10(15(28)21(34)23(36)17(12)30)8(7-5-3-2-4-6-7)11-13(9)18(31)24(37)22(35)16(11)29/h2-6H,1H3. The van der Waals surface area contributed by atoms with Crippen molar-refractivity contribution in [2.24, 2.45) is 0 Å². The largest absolute Gasteiger partial charge is 0.491 e. The Hall–Kier alpha value is -4.42. The molecule has 40 heavy (non-hydrogen) atoms. The summed E-state index contributed by atoms with van der Waals surface area (Å²) in [6.45, 7) is 0. The van der Waals surface area contributed by atoms with Crippen LogP contribution >= 0.6 is 0 Å². The van der Waals surface area contributed by atoms with E-state index in [2.05, 4.69) is 4.74 Å². The average molecular weight is 576 g/mol. The maximum Gasteiger partial charge on any atom is 0.204 e. The molecule has 5 rings (SSSR count). The lowest BCUT2D eigenvalue weighted by Crippen LogP contribution is -2.09. The van der Waals surface area contributed by atoms with E-state index < -0.39 is 119 Å². The lowest BCUT2D eigenvalue weighted by Gasteiger charge is -2.21. The van der Waals surface area contributed by atoms with Gasteiger partial charge >= 0.3 is 0 Å².